The first-order valence-corrected chi connectivity index (χ1v) is 12.5. The summed E-state index contributed by atoms with van der Waals surface area (Å²) < 4.78 is 15.6. The van der Waals surface area contributed by atoms with E-state index in [1.54, 1.807) is 24.5 Å². The fourth-order valence-corrected chi connectivity index (χ4v) is 5.30. The molecule has 1 aromatic carbocycles. The molecular weight excluding hydrogens is 451 g/mol. The molecule has 1 aliphatic rings. The van der Waals surface area contributed by atoms with E-state index in [0.29, 0.717) is 16.8 Å². The van der Waals surface area contributed by atoms with Gasteiger partial charge in [0.05, 0.1) is 18.2 Å². The van der Waals surface area contributed by atoms with E-state index in [0.717, 1.165) is 30.7 Å². The van der Waals surface area contributed by atoms with Gasteiger partial charge in [-0.25, -0.2) is 4.39 Å². The van der Waals surface area contributed by atoms with Gasteiger partial charge in [-0.3, -0.25) is 14.3 Å². The predicted octanol–water partition coefficient (Wildman–Crippen LogP) is 5.27. The van der Waals surface area contributed by atoms with Crippen molar-refractivity contribution in [1.82, 2.24) is 19.7 Å². The number of nitrogens with zero attached hydrogens (tertiary/aromatic N) is 6. The molecule has 3 aromatic rings. The molecule has 7 nitrogen and oxygen atoms in total. The molecule has 1 aliphatic carbocycles. The van der Waals surface area contributed by atoms with Crippen LogP contribution in [-0.4, -0.2) is 38.0 Å². The van der Waals surface area contributed by atoms with E-state index in [2.05, 4.69) is 32.7 Å². The van der Waals surface area contributed by atoms with Crippen LogP contribution in [0.4, 0.5) is 10.1 Å². The van der Waals surface area contributed by atoms with Crippen LogP contribution in [0.1, 0.15) is 45.1 Å². The highest BCUT2D eigenvalue weighted by Gasteiger charge is 2.29. The van der Waals surface area contributed by atoms with E-state index < -0.39 is 0 Å². The number of halogens is 1. The fraction of sp³-hybridized carbons (Fsp3) is 0.400. The van der Waals surface area contributed by atoms with Gasteiger partial charge in [0.25, 0.3) is 0 Å². The number of amides is 1. The third kappa shape index (κ3) is 5.45. The summed E-state index contributed by atoms with van der Waals surface area (Å²) in [5.41, 5.74) is 1.47. The van der Waals surface area contributed by atoms with Crippen molar-refractivity contribution in [2.75, 3.05) is 17.2 Å². The second-order valence-corrected chi connectivity index (χ2v) is 9.41. The third-order valence-corrected chi connectivity index (χ3v) is 7.12. The van der Waals surface area contributed by atoms with Crippen LogP contribution >= 0.6 is 11.8 Å². The van der Waals surface area contributed by atoms with Gasteiger partial charge in [-0.2, -0.15) is 5.26 Å². The molecule has 0 spiro atoms. The first kappa shape index (κ1) is 23.9. The molecule has 0 saturated heterocycles. The smallest absolute Gasteiger partial charge is 0.237 e. The summed E-state index contributed by atoms with van der Waals surface area (Å²) in [6, 6.07) is 11.9. The van der Waals surface area contributed by atoms with Gasteiger partial charge in [0.15, 0.2) is 11.0 Å². The van der Waals surface area contributed by atoms with Crippen LogP contribution in [0.25, 0.3) is 11.4 Å². The van der Waals surface area contributed by atoms with Crippen LogP contribution in [0.2, 0.25) is 0 Å². The number of thioether (sulfide) groups is 1. The number of hydrogen-bond donors (Lipinski definition) is 0. The summed E-state index contributed by atoms with van der Waals surface area (Å²) in [4.78, 5) is 18.9. The number of rotatable bonds is 8. The summed E-state index contributed by atoms with van der Waals surface area (Å²) >= 11 is 1.35. The Morgan fingerprint density at radius 3 is 2.74 bits per heavy atom. The fourth-order valence-electron chi connectivity index (χ4n) is 4.43. The van der Waals surface area contributed by atoms with Gasteiger partial charge in [0.2, 0.25) is 5.91 Å². The summed E-state index contributed by atoms with van der Waals surface area (Å²) in [6.07, 6.45) is 8.25. The molecule has 0 N–H and O–H groups in total. The lowest BCUT2D eigenvalue weighted by Crippen LogP contribution is -2.33. The second-order valence-electron chi connectivity index (χ2n) is 8.47. The zero-order valence-electron chi connectivity index (χ0n) is 19.1. The Morgan fingerprint density at radius 2 is 2.03 bits per heavy atom. The number of benzene rings is 1. The monoisotopic (exact) mass is 478 g/mol. The van der Waals surface area contributed by atoms with Gasteiger partial charge in [-0.05, 0) is 55.2 Å². The second kappa shape index (κ2) is 11.3. The van der Waals surface area contributed by atoms with Crippen LogP contribution in [0.5, 0.6) is 0 Å². The van der Waals surface area contributed by atoms with Gasteiger partial charge in [0, 0.05) is 36.2 Å². The summed E-state index contributed by atoms with van der Waals surface area (Å²) in [6.45, 7) is 2.50. The molecule has 9 heteroatoms. The number of anilines is 1. The van der Waals surface area contributed by atoms with E-state index >= 15 is 0 Å². The van der Waals surface area contributed by atoms with Crippen molar-refractivity contribution in [3.8, 4) is 17.5 Å². The molecule has 2 aromatic heterocycles. The third-order valence-electron chi connectivity index (χ3n) is 6.19. The number of aromatic nitrogens is 4. The topological polar surface area (TPSA) is 87.7 Å². The maximum atomic E-state index is 13.4. The van der Waals surface area contributed by atoms with Crippen LogP contribution < -0.4 is 4.90 Å². The first-order valence-electron chi connectivity index (χ1n) is 11.5. The van der Waals surface area contributed by atoms with E-state index in [-0.39, 0.29) is 36.5 Å². The van der Waals surface area contributed by atoms with Crippen LogP contribution in [0.3, 0.4) is 0 Å². The molecule has 4 rings (SSSR count). The Balaban J connectivity index is 1.59. The lowest BCUT2D eigenvalue weighted by Gasteiger charge is -2.31. The van der Waals surface area contributed by atoms with Crippen LogP contribution in [0.15, 0.2) is 53.9 Å². The number of hydrogen-bond acceptors (Lipinski definition) is 6. The van der Waals surface area contributed by atoms with E-state index in [1.165, 1.54) is 35.2 Å². The van der Waals surface area contributed by atoms with Crippen LogP contribution in [-0.2, 0) is 4.79 Å². The number of pyridine rings is 1. The normalized spacial score (nSPS) is 17.8. The zero-order chi connectivity index (χ0) is 23.9. The average molecular weight is 479 g/mol. The first-order chi connectivity index (χ1) is 16.6. The number of carbonyl (C=O) groups is 1. The largest absolute Gasteiger partial charge is 0.311 e. The van der Waals surface area contributed by atoms with Gasteiger partial charge >= 0.3 is 0 Å². The Morgan fingerprint density at radius 1 is 1.24 bits per heavy atom. The lowest BCUT2D eigenvalue weighted by atomic mass is 9.85. The lowest BCUT2D eigenvalue weighted by molar-refractivity contribution is -0.116. The molecule has 1 saturated carbocycles. The summed E-state index contributed by atoms with van der Waals surface area (Å²) in [5, 5.41) is 18.7. The molecule has 2 atom stereocenters. The Bertz CT molecular complexity index is 1140. The maximum Gasteiger partial charge on any atom is 0.237 e. The van der Waals surface area contributed by atoms with Crippen molar-refractivity contribution in [3.05, 3.63) is 54.6 Å². The SMILES string of the molecule is CC1CCCCC1n1c(SCC(=O)N(CCC#N)c2ccc(F)cc2)nnc1-c1cccnc1. The predicted molar refractivity (Wildman–Crippen MR) is 130 cm³/mol. The molecular formula is C25H27FN6OS. The van der Waals surface area contributed by atoms with Crippen LogP contribution in [0, 0.1) is 23.1 Å². The maximum absolute atomic E-state index is 13.4. The van der Waals surface area contributed by atoms with Crippen molar-refractivity contribution < 1.29 is 9.18 Å². The van der Waals surface area contributed by atoms with Crippen molar-refractivity contribution in [2.45, 2.75) is 50.2 Å². The van der Waals surface area contributed by atoms with Gasteiger partial charge in [-0.1, -0.05) is 31.5 Å². The molecule has 0 radical (unpaired) electrons. The average Bonchev–Trinajstić information content (AvgIpc) is 3.28. The van der Waals surface area contributed by atoms with Gasteiger partial charge in [0.1, 0.15) is 5.82 Å². The molecule has 2 unspecified atom stereocenters. The molecule has 1 amide bonds. The molecule has 0 bridgehead atoms. The van der Waals surface area contributed by atoms with Crippen molar-refractivity contribution in [2.24, 2.45) is 5.92 Å². The van der Waals surface area contributed by atoms with E-state index in [1.807, 2.05) is 12.1 Å². The van der Waals surface area contributed by atoms with Crippen molar-refractivity contribution in [1.29, 1.82) is 5.26 Å². The van der Waals surface area contributed by atoms with Crippen molar-refractivity contribution in [3.63, 3.8) is 0 Å². The van der Waals surface area contributed by atoms with E-state index in [9.17, 15) is 9.18 Å². The molecule has 0 aliphatic heterocycles. The Hall–Kier alpha value is -3.25. The quantitative estimate of drug-likeness (QED) is 0.410. The summed E-state index contributed by atoms with van der Waals surface area (Å²) in [5.74, 6) is 0.836. The van der Waals surface area contributed by atoms with Gasteiger partial charge in [-0.15, -0.1) is 10.2 Å². The zero-order valence-corrected chi connectivity index (χ0v) is 19.9. The summed E-state index contributed by atoms with van der Waals surface area (Å²) in [7, 11) is 0. The molecule has 1 fully saturated rings. The Kier molecular flexibility index (Phi) is 7.91. The highest BCUT2D eigenvalue weighted by Crippen LogP contribution is 2.39. The van der Waals surface area contributed by atoms with E-state index in [4.69, 9.17) is 5.26 Å². The van der Waals surface area contributed by atoms with Crippen molar-refractivity contribution >= 4 is 23.4 Å². The number of carbonyl (C=O) groups excluding carboxylic acids is 1. The standard InChI is InChI=1S/C25H27FN6OS/c1-18-6-2-3-8-22(18)32-24(19-7-4-14-28-16-19)29-30-25(32)34-17-23(33)31(15-5-13-27)21-11-9-20(26)10-12-21/h4,7,9-12,14,16,18,22H,2-3,5-6,8,15,17H2,1H3. The molecule has 34 heavy (non-hydrogen) atoms. The molecule has 176 valence electrons. The minimum absolute atomic E-state index is 0.134. The van der Waals surface area contributed by atoms with Gasteiger partial charge < -0.3 is 4.90 Å². The molecule has 2 heterocycles. The minimum Gasteiger partial charge on any atom is -0.311 e. The highest BCUT2D eigenvalue weighted by atomic mass is 32.2. The highest BCUT2D eigenvalue weighted by molar-refractivity contribution is 7.99. The minimum atomic E-state index is -0.372. The Labute approximate surface area is 203 Å². The number of nitriles is 1.